The second kappa shape index (κ2) is 6.87. The van der Waals surface area contributed by atoms with Crippen LogP contribution in [0.1, 0.15) is 6.92 Å². The lowest BCUT2D eigenvalue weighted by Gasteiger charge is -2.11. The summed E-state index contributed by atoms with van der Waals surface area (Å²) in [5.74, 6) is -0.130. The van der Waals surface area contributed by atoms with E-state index in [1.54, 1.807) is 0 Å². The maximum absolute atomic E-state index is 10.5. The summed E-state index contributed by atoms with van der Waals surface area (Å²) in [5, 5.41) is 20.4. The third-order valence-corrected chi connectivity index (χ3v) is 2.53. The lowest BCUT2D eigenvalue weighted by atomic mass is 10.2. The van der Waals surface area contributed by atoms with Gasteiger partial charge < -0.3 is 30.7 Å². The monoisotopic (exact) mass is 248 g/mol. The number of hydrogen-bond acceptors (Lipinski definition) is 6. The van der Waals surface area contributed by atoms with Gasteiger partial charge in [0.15, 0.2) is 0 Å². The summed E-state index contributed by atoms with van der Waals surface area (Å²) in [5.41, 5.74) is 5.30. The van der Waals surface area contributed by atoms with Crippen LogP contribution in [0.2, 0.25) is 0 Å². The molecule has 7 nitrogen and oxygen atoms in total. The molecule has 2 heterocycles. The molecule has 0 bridgehead atoms. The normalized spacial score (nSPS) is 36.2. The fourth-order valence-electron chi connectivity index (χ4n) is 1.50. The van der Waals surface area contributed by atoms with Crippen LogP contribution in [0.3, 0.4) is 0 Å². The second-order valence-electron chi connectivity index (χ2n) is 4.18. The number of amides is 1. The number of carbonyl (C=O) groups excluding carboxylic acids is 1. The molecule has 2 fully saturated rings. The van der Waals surface area contributed by atoms with Crippen LogP contribution in [-0.2, 0) is 14.3 Å². The van der Waals surface area contributed by atoms with Crippen molar-refractivity contribution in [2.75, 3.05) is 26.4 Å². The number of rotatable bonds is 1. The number of hydrogen-bond donors (Lipinski definition) is 4. The number of nitrogens with two attached hydrogens (primary N) is 1. The van der Waals surface area contributed by atoms with E-state index >= 15 is 0 Å². The first kappa shape index (κ1) is 14.3. The standard InChI is InChI=1S/C6H11NO3.C4H9NO2/c1-4(8)7-5-2-10-3-6(5)9;5-3-1-7-2-4(3)6/h5-6,9H,2-3H2,1H3,(H,7,8);3-4,6H,1-2,5H2. The summed E-state index contributed by atoms with van der Waals surface area (Å²) in [7, 11) is 0. The summed E-state index contributed by atoms with van der Waals surface area (Å²) >= 11 is 0. The van der Waals surface area contributed by atoms with Crippen LogP contribution in [0.15, 0.2) is 0 Å². The molecule has 7 heteroatoms. The molecule has 100 valence electrons. The first-order valence-electron chi connectivity index (χ1n) is 5.55. The minimum atomic E-state index is -0.538. The molecule has 2 aliphatic heterocycles. The van der Waals surface area contributed by atoms with Gasteiger partial charge in [0.2, 0.25) is 5.91 Å². The number of nitrogens with one attached hydrogen (secondary N) is 1. The van der Waals surface area contributed by atoms with E-state index in [9.17, 15) is 4.79 Å². The number of carbonyl (C=O) groups is 1. The molecular formula is C10H20N2O5. The van der Waals surface area contributed by atoms with Crippen LogP contribution in [-0.4, -0.2) is 66.8 Å². The Hall–Kier alpha value is -0.730. The van der Waals surface area contributed by atoms with Crippen molar-refractivity contribution in [3.05, 3.63) is 0 Å². The number of ether oxygens (including phenoxy) is 2. The Morgan fingerprint density at radius 2 is 1.76 bits per heavy atom. The van der Waals surface area contributed by atoms with Gasteiger partial charge in [-0.05, 0) is 0 Å². The molecule has 17 heavy (non-hydrogen) atoms. The van der Waals surface area contributed by atoms with E-state index in [0.29, 0.717) is 26.4 Å². The van der Waals surface area contributed by atoms with E-state index in [4.69, 9.17) is 25.4 Å². The van der Waals surface area contributed by atoms with Crippen LogP contribution < -0.4 is 11.1 Å². The summed E-state index contributed by atoms with van der Waals surface area (Å²) in [6, 6.07) is -0.363. The van der Waals surface area contributed by atoms with E-state index < -0.39 is 12.2 Å². The Labute approximate surface area is 99.9 Å². The average Bonchev–Trinajstić information content (AvgIpc) is 2.79. The summed E-state index contributed by atoms with van der Waals surface area (Å²) < 4.78 is 9.70. The first-order valence-corrected chi connectivity index (χ1v) is 5.55. The second-order valence-corrected chi connectivity index (χ2v) is 4.18. The molecule has 0 aromatic rings. The smallest absolute Gasteiger partial charge is 0.217 e. The van der Waals surface area contributed by atoms with E-state index in [1.165, 1.54) is 6.92 Å². The highest BCUT2D eigenvalue weighted by atomic mass is 16.5. The van der Waals surface area contributed by atoms with Gasteiger partial charge in [-0.2, -0.15) is 0 Å². The molecule has 2 saturated heterocycles. The minimum Gasteiger partial charge on any atom is -0.389 e. The van der Waals surface area contributed by atoms with Crippen molar-refractivity contribution < 1.29 is 24.5 Å². The Morgan fingerprint density at radius 3 is 2.06 bits per heavy atom. The Bertz CT molecular complexity index is 243. The molecule has 0 aromatic heterocycles. The molecule has 0 aliphatic carbocycles. The van der Waals surface area contributed by atoms with Crippen molar-refractivity contribution in [2.24, 2.45) is 5.73 Å². The van der Waals surface area contributed by atoms with E-state index in [-0.39, 0.29) is 18.0 Å². The highest BCUT2D eigenvalue weighted by molar-refractivity contribution is 5.73. The Morgan fingerprint density at radius 1 is 1.18 bits per heavy atom. The fraction of sp³-hybridized carbons (Fsp3) is 0.900. The number of aliphatic hydroxyl groups is 2. The quantitative estimate of drug-likeness (QED) is 0.411. The highest BCUT2D eigenvalue weighted by Crippen LogP contribution is 2.04. The maximum atomic E-state index is 10.5. The SMILES string of the molecule is CC(=O)NC1COCC1O.NC1COCC1O. The summed E-state index contributed by atoms with van der Waals surface area (Å²) in [6.45, 7) is 3.07. The molecule has 0 spiro atoms. The highest BCUT2D eigenvalue weighted by Gasteiger charge is 2.26. The van der Waals surface area contributed by atoms with Crippen molar-refractivity contribution in [1.82, 2.24) is 5.32 Å². The average molecular weight is 248 g/mol. The molecule has 0 radical (unpaired) electrons. The van der Waals surface area contributed by atoms with Crippen molar-refractivity contribution in [2.45, 2.75) is 31.2 Å². The molecule has 1 amide bonds. The third-order valence-electron chi connectivity index (χ3n) is 2.53. The number of aliphatic hydroxyl groups excluding tert-OH is 2. The lowest BCUT2D eigenvalue weighted by Crippen LogP contribution is -2.41. The third kappa shape index (κ3) is 4.97. The van der Waals surface area contributed by atoms with Gasteiger partial charge in [-0.1, -0.05) is 0 Å². The lowest BCUT2D eigenvalue weighted by molar-refractivity contribution is -0.120. The maximum Gasteiger partial charge on any atom is 0.217 e. The zero-order valence-electron chi connectivity index (χ0n) is 9.83. The molecule has 0 saturated carbocycles. The molecular weight excluding hydrogens is 228 g/mol. The zero-order valence-corrected chi connectivity index (χ0v) is 9.83. The van der Waals surface area contributed by atoms with Crippen molar-refractivity contribution in [3.63, 3.8) is 0 Å². The van der Waals surface area contributed by atoms with Gasteiger partial charge in [0.25, 0.3) is 0 Å². The van der Waals surface area contributed by atoms with Crippen molar-refractivity contribution in [3.8, 4) is 0 Å². The largest absolute Gasteiger partial charge is 0.389 e. The van der Waals surface area contributed by atoms with Gasteiger partial charge >= 0.3 is 0 Å². The van der Waals surface area contributed by atoms with Gasteiger partial charge in [-0.15, -0.1) is 0 Å². The van der Waals surface area contributed by atoms with Crippen LogP contribution in [0.5, 0.6) is 0 Å². The predicted octanol–water partition coefficient (Wildman–Crippen LogP) is -2.41. The van der Waals surface area contributed by atoms with Crippen molar-refractivity contribution in [1.29, 1.82) is 0 Å². The van der Waals surface area contributed by atoms with Crippen LogP contribution in [0, 0.1) is 0 Å². The van der Waals surface area contributed by atoms with E-state index in [2.05, 4.69) is 5.32 Å². The molecule has 4 unspecified atom stereocenters. The fourth-order valence-corrected chi connectivity index (χ4v) is 1.50. The van der Waals surface area contributed by atoms with Gasteiger partial charge in [-0.25, -0.2) is 0 Å². The van der Waals surface area contributed by atoms with Gasteiger partial charge in [0.05, 0.1) is 50.7 Å². The van der Waals surface area contributed by atoms with Gasteiger partial charge in [0.1, 0.15) is 0 Å². The molecule has 2 aliphatic rings. The Kier molecular flexibility index (Phi) is 5.79. The zero-order chi connectivity index (χ0) is 12.8. The molecule has 0 aromatic carbocycles. The van der Waals surface area contributed by atoms with Crippen LogP contribution in [0.25, 0.3) is 0 Å². The van der Waals surface area contributed by atoms with Crippen LogP contribution in [0.4, 0.5) is 0 Å². The predicted molar refractivity (Wildman–Crippen MR) is 59.2 cm³/mol. The molecule has 5 N–H and O–H groups in total. The van der Waals surface area contributed by atoms with Gasteiger partial charge in [0, 0.05) is 6.92 Å². The van der Waals surface area contributed by atoms with Crippen LogP contribution >= 0.6 is 0 Å². The Balaban J connectivity index is 0.000000181. The topological polar surface area (TPSA) is 114 Å². The van der Waals surface area contributed by atoms with Crippen molar-refractivity contribution >= 4 is 5.91 Å². The van der Waals surface area contributed by atoms with E-state index in [0.717, 1.165) is 0 Å². The summed E-state index contributed by atoms with van der Waals surface area (Å²) in [6.07, 6.45) is -0.969. The summed E-state index contributed by atoms with van der Waals surface area (Å²) in [4.78, 5) is 10.5. The molecule has 2 rings (SSSR count). The van der Waals surface area contributed by atoms with Gasteiger partial charge in [-0.3, -0.25) is 4.79 Å². The molecule has 4 atom stereocenters. The minimum absolute atomic E-state index is 0.130. The van der Waals surface area contributed by atoms with E-state index in [1.807, 2.05) is 0 Å². The first-order chi connectivity index (χ1) is 8.00.